The number of aryl methyl sites for hydroxylation is 3. The number of rotatable bonds is 3. The van der Waals surface area contributed by atoms with Gasteiger partial charge in [0.1, 0.15) is 10.7 Å². The average molecular weight is 348 g/mol. The van der Waals surface area contributed by atoms with Gasteiger partial charge in [0.15, 0.2) is 5.82 Å². The minimum absolute atomic E-state index is 0.427. The van der Waals surface area contributed by atoms with Crippen molar-refractivity contribution in [2.45, 2.75) is 19.8 Å². The highest BCUT2D eigenvalue weighted by Crippen LogP contribution is 2.32. The maximum atomic E-state index is 6.26. The second kappa shape index (κ2) is 6.34. The van der Waals surface area contributed by atoms with Crippen molar-refractivity contribution in [1.82, 2.24) is 9.97 Å². The molecule has 0 amide bonds. The van der Waals surface area contributed by atoms with Crippen molar-refractivity contribution >= 4 is 39.2 Å². The van der Waals surface area contributed by atoms with Gasteiger partial charge in [-0.15, -0.1) is 0 Å². The second-order valence-electron chi connectivity index (χ2n) is 6.33. The highest BCUT2D eigenvalue weighted by atomic mass is 35.5. The van der Waals surface area contributed by atoms with Gasteiger partial charge < -0.3 is 5.73 Å². The number of aromatic nitrogens is 2. The number of nitrogen functional groups attached to an aromatic ring is 1. The predicted molar refractivity (Wildman–Crippen MR) is 105 cm³/mol. The summed E-state index contributed by atoms with van der Waals surface area (Å²) in [5, 5.41) is 2.58. The molecule has 0 aliphatic rings. The average Bonchev–Trinajstić information content (AvgIpc) is 2.60. The number of nitrogens with two attached hydrogens (primary N) is 1. The Hall–Kier alpha value is -2.65. The summed E-state index contributed by atoms with van der Waals surface area (Å²) in [5.74, 6) is 0.427. The molecule has 0 aliphatic heterocycles. The van der Waals surface area contributed by atoms with Gasteiger partial charge in [-0.3, -0.25) is 0 Å². The van der Waals surface area contributed by atoms with Crippen LogP contribution in [0.1, 0.15) is 16.7 Å². The third-order valence-corrected chi connectivity index (χ3v) is 4.70. The molecule has 0 spiro atoms. The lowest BCUT2D eigenvalue weighted by Gasteiger charge is -2.12. The first kappa shape index (κ1) is 15.9. The number of hydrogen-bond donors (Lipinski definition) is 1. The quantitative estimate of drug-likeness (QED) is 0.413. The summed E-state index contributed by atoms with van der Waals surface area (Å²) < 4.78 is 0. The maximum Gasteiger partial charge on any atom is 0.150 e. The number of benzene rings is 2. The van der Waals surface area contributed by atoms with Gasteiger partial charge in [-0.25, -0.2) is 9.97 Å². The molecule has 3 nitrogen and oxygen atoms in total. The maximum absolute atomic E-state index is 6.26. The minimum Gasteiger partial charge on any atom is -0.382 e. The molecule has 0 atom stereocenters. The highest BCUT2D eigenvalue weighted by molar-refractivity contribution is 6.30. The Balaban J connectivity index is 1.91. The van der Waals surface area contributed by atoms with Crippen LogP contribution in [0.2, 0.25) is 5.15 Å². The fraction of sp³-hybridized carbons (Fsp3) is 0.143. The normalized spacial score (nSPS) is 11.3. The fourth-order valence-electron chi connectivity index (χ4n) is 3.30. The van der Waals surface area contributed by atoms with Crippen molar-refractivity contribution in [3.63, 3.8) is 0 Å². The highest BCUT2D eigenvalue weighted by Gasteiger charge is 2.13. The minimum atomic E-state index is 0.427. The molecule has 2 heterocycles. The molecule has 0 aliphatic carbocycles. The fourth-order valence-corrected chi connectivity index (χ4v) is 3.51. The Kier molecular flexibility index (Phi) is 4.02. The monoisotopic (exact) mass is 347 g/mol. The Morgan fingerprint density at radius 2 is 1.76 bits per heavy atom. The van der Waals surface area contributed by atoms with Gasteiger partial charge in [0.25, 0.3) is 0 Å². The van der Waals surface area contributed by atoms with Crippen LogP contribution in [0.25, 0.3) is 21.8 Å². The van der Waals surface area contributed by atoms with Crippen LogP contribution >= 0.6 is 11.6 Å². The van der Waals surface area contributed by atoms with Crippen LogP contribution in [0, 0.1) is 6.92 Å². The summed E-state index contributed by atoms with van der Waals surface area (Å²) in [6.45, 7) is 2.05. The molecular formula is C21H18ClN3. The Bertz CT molecular complexity index is 1070. The van der Waals surface area contributed by atoms with E-state index in [9.17, 15) is 0 Å². The van der Waals surface area contributed by atoms with E-state index in [1.165, 1.54) is 5.56 Å². The summed E-state index contributed by atoms with van der Waals surface area (Å²) in [7, 11) is 0. The van der Waals surface area contributed by atoms with Gasteiger partial charge in [0, 0.05) is 10.8 Å². The molecule has 4 aromatic rings. The summed E-state index contributed by atoms with van der Waals surface area (Å²) in [6.07, 6.45) is 1.81. The van der Waals surface area contributed by atoms with E-state index in [2.05, 4.69) is 59.4 Å². The van der Waals surface area contributed by atoms with E-state index in [0.717, 1.165) is 40.3 Å². The second-order valence-corrected chi connectivity index (χ2v) is 6.72. The van der Waals surface area contributed by atoms with Crippen LogP contribution < -0.4 is 5.73 Å². The van der Waals surface area contributed by atoms with Gasteiger partial charge in [-0.1, -0.05) is 54.1 Å². The summed E-state index contributed by atoms with van der Waals surface area (Å²) >= 11 is 6.26. The molecule has 2 aromatic heterocycles. The van der Waals surface area contributed by atoms with Crippen LogP contribution in [0.4, 0.5) is 5.82 Å². The third kappa shape index (κ3) is 3.03. The number of halogens is 1. The summed E-state index contributed by atoms with van der Waals surface area (Å²) in [5.41, 5.74) is 11.4. The molecule has 0 bridgehead atoms. The zero-order valence-corrected chi connectivity index (χ0v) is 14.7. The van der Waals surface area contributed by atoms with Gasteiger partial charge in [0.2, 0.25) is 0 Å². The number of fused-ring (bicyclic) bond motifs is 3. The van der Waals surface area contributed by atoms with Gasteiger partial charge in [-0.2, -0.15) is 0 Å². The SMILES string of the molecule is Cc1ccc2c(c1)nc(N)c1nc(Cl)cc(CCc3ccccc3)c12. The van der Waals surface area contributed by atoms with Crippen molar-refractivity contribution in [3.8, 4) is 0 Å². The molecule has 0 radical (unpaired) electrons. The van der Waals surface area contributed by atoms with Crippen LogP contribution in [0.5, 0.6) is 0 Å². The van der Waals surface area contributed by atoms with Gasteiger partial charge in [0.05, 0.1) is 5.52 Å². The van der Waals surface area contributed by atoms with E-state index in [0.29, 0.717) is 16.5 Å². The van der Waals surface area contributed by atoms with Gasteiger partial charge in [-0.05, 0) is 48.6 Å². The molecule has 25 heavy (non-hydrogen) atoms. The first-order valence-electron chi connectivity index (χ1n) is 8.31. The Morgan fingerprint density at radius 1 is 0.960 bits per heavy atom. The van der Waals surface area contributed by atoms with Crippen LogP contribution in [-0.4, -0.2) is 9.97 Å². The van der Waals surface area contributed by atoms with Crippen molar-refractivity contribution in [1.29, 1.82) is 0 Å². The van der Waals surface area contributed by atoms with Gasteiger partial charge >= 0.3 is 0 Å². The van der Waals surface area contributed by atoms with Crippen LogP contribution in [0.15, 0.2) is 54.6 Å². The number of nitrogens with zero attached hydrogens (tertiary/aromatic N) is 2. The van der Waals surface area contributed by atoms with E-state index in [1.807, 2.05) is 12.1 Å². The van der Waals surface area contributed by atoms with E-state index in [1.54, 1.807) is 0 Å². The summed E-state index contributed by atoms with van der Waals surface area (Å²) in [4.78, 5) is 8.96. The standard InChI is InChI=1S/C21H18ClN3/c1-13-7-10-16-17(11-13)24-21(23)20-19(16)15(12-18(22)25-20)9-8-14-5-3-2-4-6-14/h2-7,10-12H,8-9H2,1H3,(H2,23,24). The molecular weight excluding hydrogens is 330 g/mol. The molecule has 0 saturated heterocycles. The van der Waals surface area contributed by atoms with Crippen molar-refractivity contribution in [2.24, 2.45) is 0 Å². The van der Waals surface area contributed by atoms with Crippen molar-refractivity contribution in [2.75, 3.05) is 5.73 Å². The number of hydrogen-bond acceptors (Lipinski definition) is 3. The third-order valence-electron chi connectivity index (χ3n) is 4.50. The molecule has 2 aromatic carbocycles. The molecule has 2 N–H and O–H groups in total. The first-order valence-corrected chi connectivity index (χ1v) is 8.68. The van der Waals surface area contributed by atoms with E-state index >= 15 is 0 Å². The number of anilines is 1. The molecule has 0 fully saturated rings. The molecule has 4 rings (SSSR count). The number of pyridine rings is 2. The first-order chi connectivity index (χ1) is 12.1. The zero-order chi connectivity index (χ0) is 17.4. The lowest BCUT2D eigenvalue weighted by Crippen LogP contribution is -2.00. The van der Waals surface area contributed by atoms with Crippen LogP contribution in [-0.2, 0) is 12.8 Å². The zero-order valence-electron chi connectivity index (χ0n) is 14.0. The molecule has 124 valence electrons. The molecule has 4 heteroatoms. The molecule has 0 unspecified atom stereocenters. The van der Waals surface area contributed by atoms with Crippen molar-refractivity contribution in [3.05, 3.63) is 76.4 Å². The van der Waals surface area contributed by atoms with Crippen molar-refractivity contribution < 1.29 is 0 Å². The predicted octanol–water partition coefficient (Wildman–Crippen LogP) is 5.11. The molecule has 0 saturated carbocycles. The Morgan fingerprint density at radius 3 is 2.56 bits per heavy atom. The van der Waals surface area contributed by atoms with E-state index in [-0.39, 0.29) is 0 Å². The smallest absolute Gasteiger partial charge is 0.150 e. The lowest BCUT2D eigenvalue weighted by atomic mass is 9.98. The topological polar surface area (TPSA) is 51.8 Å². The van der Waals surface area contributed by atoms with E-state index < -0.39 is 0 Å². The Labute approximate surface area is 151 Å². The largest absolute Gasteiger partial charge is 0.382 e. The lowest BCUT2D eigenvalue weighted by molar-refractivity contribution is 0.967. The van der Waals surface area contributed by atoms with Crippen LogP contribution in [0.3, 0.4) is 0 Å². The summed E-state index contributed by atoms with van der Waals surface area (Å²) in [6, 6.07) is 18.6. The van der Waals surface area contributed by atoms with E-state index in [4.69, 9.17) is 17.3 Å².